The molecule has 3 nitrogen and oxygen atoms in total. The van der Waals surface area contributed by atoms with Crippen molar-refractivity contribution >= 4 is 5.78 Å². The predicted octanol–water partition coefficient (Wildman–Crippen LogP) is 1.28. The fourth-order valence-corrected chi connectivity index (χ4v) is 3.69. The van der Waals surface area contributed by atoms with Gasteiger partial charge in [0.15, 0.2) is 0 Å². The molecule has 0 amide bonds. The number of likely N-dealkylation sites (tertiary alicyclic amines) is 1. The monoisotopic (exact) mass is 222 g/mol. The van der Waals surface area contributed by atoms with Crippen LogP contribution in [0.25, 0.3) is 0 Å². The molecule has 0 aromatic carbocycles. The Hall–Kier alpha value is -0.410. The van der Waals surface area contributed by atoms with Crippen molar-refractivity contribution in [3.05, 3.63) is 0 Å². The lowest BCUT2D eigenvalue weighted by atomic mass is 10.0. The van der Waals surface area contributed by atoms with Gasteiger partial charge >= 0.3 is 0 Å². The molecule has 3 aliphatic rings. The number of hydrogen-bond acceptors (Lipinski definition) is 3. The highest BCUT2D eigenvalue weighted by Gasteiger charge is 2.39. The predicted molar refractivity (Wildman–Crippen MR) is 63.4 cm³/mol. The lowest BCUT2D eigenvalue weighted by molar-refractivity contribution is -0.123. The number of hydrogen-bond donors (Lipinski definition) is 0. The number of carbonyl (C=O) groups excluding carboxylic acids is 1. The van der Waals surface area contributed by atoms with Crippen molar-refractivity contribution < 1.29 is 4.79 Å². The lowest BCUT2D eigenvalue weighted by Gasteiger charge is -2.35. The standard InChI is InChI=1S/C13H22N2O/c16-13-9-11-3-4-12(10-13)15(11)8-7-14-5-1-2-6-14/h11-12H,1-10H2. The van der Waals surface area contributed by atoms with Crippen molar-refractivity contribution in [1.29, 1.82) is 0 Å². The van der Waals surface area contributed by atoms with E-state index in [1.807, 2.05) is 0 Å². The van der Waals surface area contributed by atoms with Gasteiger partial charge < -0.3 is 4.90 Å². The van der Waals surface area contributed by atoms with Crippen LogP contribution in [0, 0.1) is 0 Å². The van der Waals surface area contributed by atoms with Crippen LogP contribution in [0.15, 0.2) is 0 Å². The van der Waals surface area contributed by atoms with E-state index >= 15 is 0 Å². The first-order chi connectivity index (χ1) is 7.83. The molecule has 0 saturated carbocycles. The summed E-state index contributed by atoms with van der Waals surface area (Å²) in [7, 11) is 0. The van der Waals surface area contributed by atoms with E-state index < -0.39 is 0 Å². The normalized spacial score (nSPS) is 36.1. The van der Waals surface area contributed by atoms with Crippen LogP contribution in [-0.4, -0.2) is 53.8 Å². The number of piperidine rings is 1. The molecule has 0 radical (unpaired) electrons. The van der Waals surface area contributed by atoms with Gasteiger partial charge in [0, 0.05) is 38.0 Å². The molecule has 16 heavy (non-hydrogen) atoms. The second kappa shape index (κ2) is 4.46. The Labute approximate surface area is 97.8 Å². The molecule has 2 bridgehead atoms. The summed E-state index contributed by atoms with van der Waals surface area (Å²) in [6, 6.07) is 1.18. The van der Waals surface area contributed by atoms with Crippen LogP contribution < -0.4 is 0 Å². The first-order valence-electron chi connectivity index (χ1n) is 6.83. The summed E-state index contributed by atoms with van der Waals surface area (Å²) in [5.74, 6) is 0.505. The maximum Gasteiger partial charge on any atom is 0.136 e. The quantitative estimate of drug-likeness (QED) is 0.718. The number of Topliss-reactive ketones (excluding diaryl/α,β-unsaturated/α-hetero) is 1. The maximum absolute atomic E-state index is 11.5. The molecular formula is C13H22N2O. The minimum atomic E-state index is 0.505. The molecule has 90 valence electrons. The van der Waals surface area contributed by atoms with Gasteiger partial charge in [0.2, 0.25) is 0 Å². The topological polar surface area (TPSA) is 23.6 Å². The van der Waals surface area contributed by atoms with Gasteiger partial charge in [-0.15, -0.1) is 0 Å². The number of carbonyl (C=O) groups is 1. The Balaban J connectivity index is 1.53. The third-order valence-corrected chi connectivity index (χ3v) is 4.57. The Morgan fingerprint density at radius 2 is 1.62 bits per heavy atom. The molecule has 3 heterocycles. The van der Waals surface area contributed by atoms with Crippen LogP contribution in [0.4, 0.5) is 0 Å². The zero-order valence-electron chi connectivity index (χ0n) is 10.0. The average molecular weight is 222 g/mol. The van der Waals surface area contributed by atoms with Crippen molar-refractivity contribution in [2.75, 3.05) is 26.2 Å². The largest absolute Gasteiger partial charge is 0.302 e. The SMILES string of the molecule is O=C1CC2CCC(C1)N2CCN1CCCC1. The number of rotatable bonds is 3. The van der Waals surface area contributed by atoms with Gasteiger partial charge in [-0.05, 0) is 38.8 Å². The van der Waals surface area contributed by atoms with Gasteiger partial charge in [0.25, 0.3) is 0 Å². The molecule has 3 saturated heterocycles. The smallest absolute Gasteiger partial charge is 0.136 e. The summed E-state index contributed by atoms with van der Waals surface area (Å²) in [5, 5.41) is 0. The van der Waals surface area contributed by atoms with Crippen molar-refractivity contribution in [2.24, 2.45) is 0 Å². The second-order valence-corrected chi connectivity index (χ2v) is 5.62. The highest BCUT2D eigenvalue weighted by molar-refractivity contribution is 5.80. The van der Waals surface area contributed by atoms with Crippen LogP contribution in [0.3, 0.4) is 0 Å². The summed E-state index contributed by atoms with van der Waals surface area (Å²) in [4.78, 5) is 16.7. The van der Waals surface area contributed by atoms with Crippen molar-refractivity contribution in [3.8, 4) is 0 Å². The van der Waals surface area contributed by atoms with Crippen LogP contribution in [0.1, 0.15) is 38.5 Å². The Kier molecular flexibility index (Phi) is 2.99. The van der Waals surface area contributed by atoms with Gasteiger partial charge in [0.05, 0.1) is 0 Å². The van der Waals surface area contributed by atoms with E-state index in [9.17, 15) is 4.79 Å². The number of ketones is 1. The summed E-state index contributed by atoms with van der Waals surface area (Å²) >= 11 is 0. The molecule has 0 spiro atoms. The Morgan fingerprint density at radius 1 is 1.00 bits per heavy atom. The van der Waals surface area contributed by atoms with Crippen LogP contribution in [0.5, 0.6) is 0 Å². The molecule has 3 rings (SSSR count). The lowest BCUT2D eigenvalue weighted by Crippen LogP contribution is -2.46. The van der Waals surface area contributed by atoms with Crippen molar-refractivity contribution in [3.63, 3.8) is 0 Å². The molecule has 0 aromatic heterocycles. The van der Waals surface area contributed by atoms with Gasteiger partial charge in [-0.1, -0.05) is 0 Å². The maximum atomic E-state index is 11.5. The van der Waals surface area contributed by atoms with E-state index in [-0.39, 0.29) is 0 Å². The van der Waals surface area contributed by atoms with Gasteiger partial charge in [0.1, 0.15) is 5.78 Å². The Bertz CT molecular complexity index is 257. The minimum absolute atomic E-state index is 0.505. The molecule has 3 heteroatoms. The summed E-state index contributed by atoms with van der Waals surface area (Å²) in [6.45, 7) is 5.01. The fourth-order valence-electron chi connectivity index (χ4n) is 3.69. The van der Waals surface area contributed by atoms with Crippen LogP contribution >= 0.6 is 0 Å². The highest BCUT2D eigenvalue weighted by Crippen LogP contribution is 2.33. The first-order valence-corrected chi connectivity index (χ1v) is 6.83. The molecule has 2 unspecified atom stereocenters. The van der Waals surface area contributed by atoms with Crippen LogP contribution in [0.2, 0.25) is 0 Å². The molecule has 3 fully saturated rings. The first kappa shape index (κ1) is 10.7. The summed E-state index contributed by atoms with van der Waals surface area (Å²) in [6.07, 6.45) is 6.94. The van der Waals surface area contributed by atoms with E-state index in [0.29, 0.717) is 17.9 Å². The van der Waals surface area contributed by atoms with E-state index in [0.717, 1.165) is 12.8 Å². The Morgan fingerprint density at radius 3 is 2.25 bits per heavy atom. The van der Waals surface area contributed by atoms with Gasteiger partial charge in [-0.2, -0.15) is 0 Å². The zero-order chi connectivity index (χ0) is 11.0. The molecule has 2 atom stereocenters. The molecule has 0 aromatic rings. The van der Waals surface area contributed by atoms with E-state index in [2.05, 4.69) is 9.80 Å². The third kappa shape index (κ3) is 2.03. The van der Waals surface area contributed by atoms with Gasteiger partial charge in [-0.3, -0.25) is 9.69 Å². The molecule has 0 aliphatic carbocycles. The molecule has 3 aliphatic heterocycles. The van der Waals surface area contributed by atoms with Gasteiger partial charge in [-0.25, -0.2) is 0 Å². The van der Waals surface area contributed by atoms with E-state index in [1.54, 1.807) is 0 Å². The molecule has 0 N–H and O–H groups in total. The van der Waals surface area contributed by atoms with Crippen molar-refractivity contribution in [2.45, 2.75) is 50.6 Å². The zero-order valence-corrected chi connectivity index (χ0v) is 10.0. The summed E-state index contributed by atoms with van der Waals surface area (Å²) in [5.41, 5.74) is 0. The van der Waals surface area contributed by atoms with Crippen molar-refractivity contribution in [1.82, 2.24) is 9.80 Å². The van der Waals surface area contributed by atoms with E-state index in [1.165, 1.54) is 51.9 Å². The van der Waals surface area contributed by atoms with E-state index in [4.69, 9.17) is 0 Å². The fraction of sp³-hybridized carbons (Fsp3) is 0.923. The summed E-state index contributed by atoms with van der Waals surface area (Å²) < 4.78 is 0. The minimum Gasteiger partial charge on any atom is -0.302 e. The highest BCUT2D eigenvalue weighted by atomic mass is 16.1. The molecular weight excluding hydrogens is 200 g/mol. The number of nitrogens with zero attached hydrogens (tertiary/aromatic N) is 2. The average Bonchev–Trinajstić information content (AvgIpc) is 2.83. The number of fused-ring (bicyclic) bond motifs is 2. The van der Waals surface area contributed by atoms with Crippen LogP contribution in [-0.2, 0) is 4.79 Å². The third-order valence-electron chi connectivity index (χ3n) is 4.57. The second-order valence-electron chi connectivity index (χ2n) is 5.62.